The second-order valence-corrected chi connectivity index (χ2v) is 7.53. The van der Waals surface area contributed by atoms with Crippen LogP contribution in [-0.4, -0.2) is 41.5 Å². The molecule has 3 rings (SSSR count). The lowest BCUT2D eigenvalue weighted by Gasteiger charge is -2.34. The summed E-state index contributed by atoms with van der Waals surface area (Å²) >= 11 is 0. The Hall–Kier alpha value is -2.70. The van der Waals surface area contributed by atoms with Crippen LogP contribution in [0.4, 0.5) is 4.39 Å². The molecule has 1 aromatic carbocycles. The fourth-order valence-electron chi connectivity index (χ4n) is 3.55. The number of oxazole rings is 1. The van der Waals surface area contributed by atoms with Crippen LogP contribution >= 0.6 is 0 Å². The Labute approximate surface area is 163 Å². The van der Waals surface area contributed by atoms with E-state index in [1.54, 1.807) is 17.0 Å². The summed E-state index contributed by atoms with van der Waals surface area (Å²) in [4.78, 5) is 30.1. The summed E-state index contributed by atoms with van der Waals surface area (Å²) in [6.07, 6.45) is 2.99. The average molecular weight is 388 g/mol. The van der Waals surface area contributed by atoms with E-state index in [-0.39, 0.29) is 31.2 Å². The van der Waals surface area contributed by atoms with E-state index in [1.807, 2.05) is 0 Å². The van der Waals surface area contributed by atoms with Gasteiger partial charge in [-0.25, -0.2) is 9.37 Å². The van der Waals surface area contributed by atoms with E-state index in [0.29, 0.717) is 42.1 Å². The largest absolute Gasteiger partial charge is 0.456 e. The highest BCUT2D eigenvalue weighted by atomic mass is 19.1. The number of carbonyl (C=O) groups excluding carboxylic acids is 2. The molecule has 0 spiro atoms. The standard InChI is InChI=1S/C21H25FN2O4/c1-14-9-15(2)12-24(11-14)20(25)13-27-21(26)8-7-19-23-10-18(28-19)16-3-5-17(22)6-4-16/h3-6,10,14-15H,7-9,11-13H2,1-2H3. The van der Waals surface area contributed by atoms with Gasteiger partial charge in [-0.05, 0) is 42.5 Å². The van der Waals surface area contributed by atoms with Crippen LogP contribution < -0.4 is 0 Å². The van der Waals surface area contributed by atoms with E-state index in [0.717, 1.165) is 6.42 Å². The first kappa shape index (κ1) is 20.0. The van der Waals surface area contributed by atoms with Crippen molar-refractivity contribution in [2.75, 3.05) is 19.7 Å². The van der Waals surface area contributed by atoms with E-state index in [9.17, 15) is 14.0 Å². The van der Waals surface area contributed by atoms with Gasteiger partial charge in [0.15, 0.2) is 18.3 Å². The average Bonchev–Trinajstić information content (AvgIpc) is 3.13. The number of aryl methyl sites for hydroxylation is 1. The molecule has 0 aliphatic carbocycles. The number of nitrogens with zero attached hydrogens (tertiary/aromatic N) is 2. The second kappa shape index (κ2) is 8.99. The molecular formula is C21H25FN2O4. The van der Waals surface area contributed by atoms with Gasteiger partial charge in [0.05, 0.1) is 12.6 Å². The Morgan fingerprint density at radius 3 is 2.57 bits per heavy atom. The van der Waals surface area contributed by atoms with E-state index in [2.05, 4.69) is 18.8 Å². The minimum atomic E-state index is -0.465. The Balaban J connectivity index is 1.43. The van der Waals surface area contributed by atoms with Crippen LogP contribution in [0.25, 0.3) is 11.3 Å². The topological polar surface area (TPSA) is 72.6 Å². The Bertz CT molecular complexity index is 808. The molecule has 1 aliphatic rings. The molecule has 1 saturated heterocycles. The van der Waals surface area contributed by atoms with Crippen molar-refractivity contribution in [3.8, 4) is 11.3 Å². The Morgan fingerprint density at radius 1 is 1.21 bits per heavy atom. The molecule has 28 heavy (non-hydrogen) atoms. The molecule has 0 saturated carbocycles. The van der Waals surface area contributed by atoms with Crippen LogP contribution in [0.3, 0.4) is 0 Å². The van der Waals surface area contributed by atoms with Gasteiger partial charge in [-0.2, -0.15) is 0 Å². The predicted octanol–water partition coefficient (Wildman–Crippen LogP) is 3.46. The third-order valence-corrected chi connectivity index (χ3v) is 4.80. The van der Waals surface area contributed by atoms with Gasteiger partial charge in [-0.15, -0.1) is 0 Å². The quantitative estimate of drug-likeness (QED) is 0.709. The number of halogens is 1. The molecule has 2 heterocycles. The van der Waals surface area contributed by atoms with Gasteiger partial charge >= 0.3 is 5.97 Å². The zero-order chi connectivity index (χ0) is 20.1. The highest BCUT2D eigenvalue weighted by Crippen LogP contribution is 2.22. The summed E-state index contributed by atoms with van der Waals surface area (Å²) in [5.74, 6) is 0.879. The Kier molecular flexibility index (Phi) is 6.44. The number of ether oxygens (including phenoxy) is 1. The van der Waals surface area contributed by atoms with Gasteiger partial charge < -0.3 is 14.1 Å². The molecular weight excluding hydrogens is 363 g/mol. The number of rotatable bonds is 6. The number of hydrogen-bond donors (Lipinski definition) is 0. The third-order valence-electron chi connectivity index (χ3n) is 4.80. The molecule has 2 aromatic rings. The maximum Gasteiger partial charge on any atom is 0.306 e. The molecule has 150 valence electrons. The van der Waals surface area contributed by atoms with Crippen LogP contribution in [-0.2, 0) is 20.7 Å². The van der Waals surface area contributed by atoms with Gasteiger partial charge in [0.1, 0.15) is 5.82 Å². The molecule has 1 fully saturated rings. The molecule has 1 amide bonds. The van der Waals surface area contributed by atoms with Gasteiger partial charge in [0, 0.05) is 25.1 Å². The number of hydrogen-bond acceptors (Lipinski definition) is 5. The van der Waals surface area contributed by atoms with Crippen LogP contribution in [0.5, 0.6) is 0 Å². The van der Waals surface area contributed by atoms with Crippen molar-refractivity contribution in [2.24, 2.45) is 11.8 Å². The van der Waals surface area contributed by atoms with E-state index >= 15 is 0 Å². The molecule has 7 heteroatoms. The predicted molar refractivity (Wildman–Crippen MR) is 101 cm³/mol. The first-order valence-corrected chi connectivity index (χ1v) is 9.54. The Morgan fingerprint density at radius 2 is 1.89 bits per heavy atom. The smallest absolute Gasteiger partial charge is 0.306 e. The minimum Gasteiger partial charge on any atom is -0.456 e. The van der Waals surface area contributed by atoms with E-state index < -0.39 is 5.97 Å². The number of aromatic nitrogens is 1. The van der Waals surface area contributed by atoms with Gasteiger partial charge in [0.2, 0.25) is 0 Å². The third kappa shape index (κ3) is 5.41. The number of benzene rings is 1. The molecule has 1 aromatic heterocycles. The lowest BCUT2D eigenvalue weighted by molar-refractivity contribution is -0.153. The molecule has 1 aliphatic heterocycles. The van der Waals surface area contributed by atoms with Crippen molar-refractivity contribution in [2.45, 2.75) is 33.1 Å². The lowest BCUT2D eigenvalue weighted by atomic mass is 9.92. The summed E-state index contributed by atoms with van der Waals surface area (Å²) in [5, 5.41) is 0. The summed E-state index contributed by atoms with van der Waals surface area (Å²) < 4.78 is 23.7. The fourth-order valence-corrected chi connectivity index (χ4v) is 3.55. The number of piperidine rings is 1. The first-order valence-electron chi connectivity index (χ1n) is 9.54. The van der Waals surface area contributed by atoms with Gasteiger partial charge in [0.25, 0.3) is 5.91 Å². The van der Waals surface area contributed by atoms with Crippen LogP contribution in [0.2, 0.25) is 0 Å². The molecule has 0 bridgehead atoms. The number of amides is 1. The maximum absolute atomic E-state index is 13.0. The van der Waals surface area contributed by atoms with Crippen molar-refractivity contribution in [3.63, 3.8) is 0 Å². The second-order valence-electron chi connectivity index (χ2n) is 7.53. The van der Waals surface area contributed by atoms with Gasteiger partial charge in [-0.3, -0.25) is 9.59 Å². The summed E-state index contributed by atoms with van der Waals surface area (Å²) in [5.41, 5.74) is 0.707. The van der Waals surface area contributed by atoms with Crippen molar-refractivity contribution >= 4 is 11.9 Å². The number of esters is 1. The lowest BCUT2D eigenvalue weighted by Crippen LogP contribution is -2.44. The minimum absolute atomic E-state index is 0.0729. The van der Waals surface area contributed by atoms with Gasteiger partial charge in [-0.1, -0.05) is 13.8 Å². The van der Waals surface area contributed by atoms with Crippen LogP contribution in [0.15, 0.2) is 34.9 Å². The van der Waals surface area contributed by atoms with Crippen molar-refractivity contribution in [3.05, 3.63) is 42.2 Å². The monoisotopic (exact) mass is 388 g/mol. The van der Waals surface area contributed by atoms with Crippen LogP contribution in [0, 0.1) is 17.7 Å². The SMILES string of the molecule is CC1CC(C)CN(C(=O)COC(=O)CCc2ncc(-c3ccc(F)cc3)o2)C1. The van der Waals surface area contributed by atoms with Crippen molar-refractivity contribution in [1.82, 2.24) is 9.88 Å². The van der Waals surface area contributed by atoms with Crippen molar-refractivity contribution < 1.29 is 23.1 Å². The zero-order valence-corrected chi connectivity index (χ0v) is 16.2. The van der Waals surface area contributed by atoms with Crippen LogP contribution in [0.1, 0.15) is 32.6 Å². The molecule has 2 unspecified atom stereocenters. The normalized spacial score (nSPS) is 19.5. The first-order chi connectivity index (χ1) is 13.4. The fraction of sp³-hybridized carbons (Fsp3) is 0.476. The molecule has 0 N–H and O–H groups in total. The van der Waals surface area contributed by atoms with E-state index in [4.69, 9.17) is 9.15 Å². The molecule has 0 radical (unpaired) electrons. The number of likely N-dealkylation sites (tertiary alicyclic amines) is 1. The summed E-state index contributed by atoms with van der Waals surface area (Å²) in [7, 11) is 0. The summed E-state index contributed by atoms with van der Waals surface area (Å²) in [6, 6.07) is 5.88. The highest BCUT2D eigenvalue weighted by molar-refractivity contribution is 5.80. The molecule has 2 atom stereocenters. The zero-order valence-electron chi connectivity index (χ0n) is 16.2. The molecule has 6 nitrogen and oxygen atoms in total. The summed E-state index contributed by atoms with van der Waals surface area (Å²) in [6.45, 7) is 5.44. The van der Waals surface area contributed by atoms with Crippen molar-refractivity contribution in [1.29, 1.82) is 0 Å². The number of carbonyl (C=O) groups is 2. The van der Waals surface area contributed by atoms with E-state index in [1.165, 1.54) is 18.3 Å². The highest BCUT2D eigenvalue weighted by Gasteiger charge is 2.25. The maximum atomic E-state index is 13.0.